The first-order chi connectivity index (χ1) is 28.3. The Morgan fingerprint density at radius 3 is 2.29 bits per heavy atom. The van der Waals surface area contributed by atoms with Crippen LogP contribution in [0.15, 0.2) is 53.8 Å². The van der Waals surface area contributed by atoms with E-state index >= 15 is 0 Å². The second kappa shape index (κ2) is 19.0. The van der Waals surface area contributed by atoms with Crippen molar-refractivity contribution in [2.24, 2.45) is 16.3 Å². The molecule has 0 spiro atoms. The summed E-state index contributed by atoms with van der Waals surface area (Å²) in [4.78, 5) is 64.3. The number of carbonyl (C=O) groups is 3. The van der Waals surface area contributed by atoms with Crippen LogP contribution in [0.25, 0.3) is 30.0 Å². The maximum Gasteiger partial charge on any atom is 0.334 e. The summed E-state index contributed by atoms with van der Waals surface area (Å²) < 4.78 is 15.3. The number of aliphatic imine (C=N–C) groups is 1. The van der Waals surface area contributed by atoms with Gasteiger partial charge in [0, 0.05) is 46.2 Å². The summed E-state index contributed by atoms with van der Waals surface area (Å²) in [5, 5.41) is 21.0. The molecule has 0 fully saturated rings. The maximum atomic E-state index is 13.3. The molecule has 0 saturated heterocycles. The normalized spacial score (nSPS) is 17.7. The number of aromatic nitrogens is 3. The minimum Gasteiger partial charge on any atom is -0.469 e. The average Bonchev–Trinajstić information content (AvgIpc) is 3.91. The molecule has 0 aromatic carbocycles. The van der Waals surface area contributed by atoms with Crippen molar-refractivity contribution in [1.29, 1.82) is 0 Å². The Labute approximate surface area is 341 Å². The molecular formula is C45H52N4O10. The van der Waals surface area contributed by atoms with Crippen LogP contribution in [-0.2, 0) is 51.2 Å². The highest BCUT2D eigenvalue weighted by molar-refractivity contribution is 6.19. The number of hydrogen-bond acceptors (Lipinski definition) is 11. The number of carbonyl (C=O) groups excluding carboxylic acids is 3. The molecule has 59 heavy (non-hydrogen) atoms. The van der Waals surface area contributed by atoms with Gasteiger partial charge in [0.1, 0.15) is 24.9 Å². The van der Waals surface area contributed by atoms with E-state index in [1.807, 2.05) is 45.9 Å². The maximum absolute atomic E-state index is 13.3. The Kier molecular flexibility index (Phi) is 14.2. The van der Waals surface area contributed by atoms with E-state index in [2.05, 4.69) is 40.4 Å². The highest BCUT2D eigenvalue weighted by Crippen LogP contribution is 2.48. The van der Waals surface area contributed by atoms with E-state index < -0.39 is 29.2 Å². The second-order valence-electron chi connectivity index (χ2n) is 14.3. The van der Waals surface area contributed by atoms with Crippen LogP contribution >= 0.6 is 0 Å². The molecule has 2 atom stereocenters. The van der Waals surface area contributed by atoms with E-state index in [-0.39, 0.29) is 44.8 Å². The Balaban J connectivity index is 1.70. The molecule has 0 amide bonds. The number of nitrogens with zero attached hydrogens (tertiary/aromatic N) is 1. The van der Waals surface area contributed by atoms with Crippen LogP contribution in [0.1, 0.15) is 58.1 Å². The first kappa shape index (κ1) is 43.9. The SMILES string of the molecule is C=Cc1[nH]c(C=c2[nH]c(=C=c3[nH]c(=CC4=NCC5=CC=C(C(=O)OC)C(C(=O)OC)C54C)c(C=C)c3C)c(C)c2CC(=C)OOCCO)c(CCC(=O)OCCO)c1C. The molecule has 5 rings (SSSR count). The van der Waals surface area contributed by atoms with Crippen molar-refractivity contribution in [3.63, 3.8) is 0 Å². The Morgan fingerprint density at radius 1 is 0.915 bits per heavy atom. The summed E-state index contributed by atoms with van der Waals surface area (Å²) in [6.45, 7) is 19.6. The number of rotatable bonds is 17. The van der Waals surface area contributed by atoms with E-state index in [1.165, 1.54) is 14.2 Å². The van der Waals surface area contributed by atoms with Gasteiger partial charge in [-0.05, 0) is 85.7 Å². The molecule has 2 unspecified atom stereocenters. The highest BCUT2D eigenvalue weighted by atomic mass is 17.2. The van der Waals surface area contributed by atoms with Gasteiger partial charge < -0.3 is 44.3 Å². The van der Waals surface area contributed by atoms with Crippen molar-refractivity contribution < 1.29 is 48.6 Å². The summed E-state index contributed by atoms with van der Waals surface area (Å²) in [6.07, 6.45) is 11.4. The lowest BCUT2D eigenvalue weighted by Gasteiger charge is -2.37. The molecule has 14 heteroatoms. The summed E-state index contributed by atoms with van der Waals surface area (Å²) in [5.41, 5.74) is 10.9. The van der Waals surface area contributed by atoms with Crippen LogP contribution < -0.4 is 21.4 Å². The van der Waals surface area contributed by atoms with Crippen LogP contribution in [0, 0.1) is 32.1 Å². The fraction of sp³-hybridized carbons (Fsp3) is 0.356. The molecule has 0 radical (unpaired) electrons. The van der Waals surface area contributed by atoms with Crippen LogP contribution in [0.2, 0.25) is 0 Å². The zero-order valence-corrected chi connectivity index (χ0v) is 34.4. The van der Waals surface area contributed by atoms with Gasteiger partial charge in [-0.2, -0.15) is 4.89 Å². The zero-order chi connectivity index (χ0) is 43.0. The number of aliphatic hydroxyl groups excluding tert-OH is 2. The minimum absolute atomic E-state index is 0.0279. The van der Waals surface area contributed by atoms with Gasteiger partial charge in [-0.25, -0.2) is 4.79 Å². The molecular weight excluding hydrogens is 757 g/mol. The van der Waals surface area contributed by atoms with Crippen molar-refractivity contribution in [1.82, 2.24) is 15.0 Å². The molecule has 5 N–H and O–H groups in total. The first-order valence-corrected chi connectivity index (χ1v) is 19.1. The third-order valence-corrected chi connectivity index (χ3v) is 10.9. The third-order valence-electron chi connectivity index (χ3n) is 10.9. The van der Waals surface area contributed by atoms with Crippen LogP contribution in [0.4, 0.5) is 0 Å². The summed E-state index contributed by atoms with van der Waals surface area (Å²) in [7, 11) is 2.56. The zero-order valence-electron chi connectivity index (χ0n) is 34.4. The Morgan fingerprint density at radius 2 is 1.63 bits per heavy atom. The molecule has 4 heterocycles. The summed E-state index contributed by atoms with van der Waals surface area (Å²) in [6, 6.07) is 0. The number of ether oxygens (including phenoxy) is 3. The van der Waals surface area contributed by atoms with Crippen molar-refractivity contribution in [2.75, 3.05) is 47.2 Å². The molecule has 0 bridgehead atoms. The smallest absolute Gasteiger partial charge is 0.334 e. The number of aliphatic hydroxyl groups is 2. The van der Waals surface area contributed by atoms with Crippen molar-refractivity contribution in [2.45, 2.75) is 47.0 Å². The Hall–Kier alpha value is -6.18. The molecule has 3 aromatic heterocycles. The van der Waals surface area contributed by atoms with Gasteiger partial charge in [0.05, 0.1) is 55.7 Å². The van der Waals surface area contributed by atoms with Crippen molar-refractivity contribution in [3.8, 4) is 0 Å². The molecule has 14 nitrogen and oxygen atoms in total. The van der Waals surface area contributed by atoms with Gasteiger partial charge in [-0.1, -0.05) is 43.7 Å². The molecule has 0 saturated carbocycles. The average molecular weight is 809 g/mol. The van der Waals surface area contributed by atoms with Gasteiger partial charge >= 0.3 is 17.9 Å². The van der Waals surface area contributed by atoms with Gasteiger partial charge in [-0.15, -0.1) is 0 Å². The number of aromatic amines is 3. The fourth-order valence-electron chi connectivity index (χ4n) is 7.65. The standard InChI is InChI=1S/C45H52N4O10/c1-10-30-26(4)35(49-39(30)23-40-45(7)29(24-46-40)12-13-32(43(53)55-8)42(45)44(54)56-9)21-36-28(6)33(20-25(3)59-58-19-17-51)38(48-36)22-37-31(27(5)34(11-2)47-37)14-15-41(52)57-18-16-50/h10-13,22-23,42,47-51H,1-3,14-20,24H2,4-9H3. The first-order valence-electron chi connectivity index (χ1n) is 19.1. The van der Waals surface area contributed by atoms with Crippen LogP contribution in [0.3, 0.4) is 0 Å². The Bertz CT molecular complexity index is 2540. The van der Waals surface area contributed by atoms with E-state index in [9.17, 15) is 19.5 Å². The quantitative estimate of drug-likeness (QED) is 0.0336. The topological polar surface area (TPSA) is 198 Å². The van der Waals surface area contributed by atoms with Gasteiger partial charge in [0.25, 0.3) is 0 Å². The number of allylic oxidation sites excluding steroid dienone is 3. The van der Waals surface area contributed by atoms with Crippen LogP contribution in [-0.4, -0.2) is 96.0 Å². The molecule has 1 aliphatic heterocycles. The summed E-state index contributed by atoms with van der Waals surface area (Å²) >= 11 is 0. The monoisotopic (exact) mass is 808 g/mol. The number of fused-ring (bicyclic) bond motifs is 1. The molecule has 3 aromatic rings. The van der Waals surface area contributed by atoms with Gasteiger partial charge in [0.2, 0.25) is 0 Å². The molecule has 1 aliphatic carbocycles. The fourth-order valence-corrected chi connectivity index (χ4v) is 7.65. The van der Waals surface area contributed by atoms with Crippen molar-refractivity contribution in [3.05, 3.63) is 115 Å². The summed E-state index contributed by atoms with van der Waals surface area (Å²) in [5.74, 6) is -2.29. The lowest BCUT2D eigenvalue weighted by atomic mass is 9.64. The van der Waals surface area contributed by atoms with Crippen LogP contribution in [0.5, 0.6) is 0 Å². The largest absolute Gasteiger partial charge is 0.469 e. The molecule has 312 valence electrons. The number of nitrogens with one attached hydrogen (secondary N) is 3. The third kappa shape index (κ3) is 8.96. The predicted octanol–water partition coefficient (Wildman–Crippen LogP) is 2.00. The second-order valence-corrected chi connectivity index (χ2v) is 14.3. The highest BCUT2D eigenvalue weighted by Gasteiger charge is 2.53. The van der Waals surface area contributed by atoms with Gasteiger partial charge in [-0.3, -0.25) is 14.6 Å². The van der Waals surface area contributed by atoms with E-state index in [0.29, 0.717) is 45.8 Å². The number of H-pyrrole nitrogens is 3. The van der Waals surface area contributed by atoms with Crippen molar-refractivity contribution >= 4 is 53.7 Å². The lowest BCUT2D eigenvalue weighted by Crippen LogP contribution is -2.44. The van der Waals surface area contributed by atoms with E-state index in [4.69, 9.17) is 34.1 Å². The molecule has 2 aliphatic rings. The van der Waals surface area contributed by atoms with E-state index in [1.54, 1.807) is 18.2 Å². The minimum atomic E-state index is -0.988. The lowest BCUT2D eigenvalue weighted by molar-refractivity contribution is -0.266. The number of hydrogen-bond donors (Lipinski definition) is 5. The van der Waals surface area contributed by atoms with E-state index in [0.717, 1.165) is 50.3 Å². The number of esters is 3. The predicted molar refractivity (Wildman–Crippen MR) is 223 cm³/mol. The number of methoxy groups -OCH3 is 2. The van der Waals surface area contributed by atoms with Gasteiger partial charge in [0.15, 0.2) is 0 Å².